The molecule has 1 saturated heterocycles. The van der Waals surface area contributed by atoms with Crippen molar-refractivity contribution in [3.05, 3.63) is 48.5 Å². The van der Waals surface area contributed by atoms with Crippen molar-refractivity contribution in [1.82, 2.24) is 14.5 Å². The topological polar surface area (TPSA) is 68.7 Å². The zero-order valence-electron chi connectivity index (χ0n) is 12.3. The molecule has 0 saturated carbocycles. The number of benzene rings is 1. The molecule has 1 aromatic carbocycles. The van der Waals surface area contributed by atoms with E-state index in [1.165, 1.54) is 0 Å². The van der Waals surface area contributed by atoms with E-state index in [0.29, 0.717) is 25.7 Å². The molecule has 3 rings (SSSR count). The Morgan fingerprint density at radius 2 is 2.05 bits per heavy atom. The van der Waals surface area contributed by atoms with E-state index >= 15 is 0 Å². The molecule has 7 heteroatoms. The molecule has 22 heavy (non-hydrogen) atoms. The summed E-state index contributed by atoms with van der Waals surface area (Å²) in [7, 11) is 0. The van der Waals surface area contributed by atoms with Gasteiger partial charge in [-0.25, -0.2) is 9.98 Å². The standard InChI is InChI=1S/C15H19N5O.HI/c16-15(19-7-9-21-10-8-19)18-11-13-3-1-2-4-14(13)20-6-5-17-12-20;/h1-6,12H,7-11H2,(H2,16,18);1H. The van der Waals surface area contributed by atoms with E-state index in [1.807, 2.05) is 22.9 Å². The van der Waals surface area contributed by atoms with E-state index < -0.39 is 0 Å². The summed E-state index contributed by atoms with van der Waals surface area (Å²) in [5, 5.41) is 0. The molecule has 2 aromatic rings. The average Bonchev–Trinajstić information content (AvgIpc) is 3.08. The van der Waals surface area contributed by atoms with Gasteiger partial charge in [-0.3, -0.25) is 0 Å². The van der Waals surface area contributed by atoms with Crippen molar-refractivity contribution in [2.75, 3.05) is 26.3 Å². The Labute approximate surface area is 147 Å². The minimum absolute atomic E-state index is 0. The molecule has 1 aliphatic rings. The summed E-state index contributed by atoms with van der Waals surface area (Å²) in [6, 6.07) is 8.13. The first kappa shape index (κ1) is 16.8. The highest BCUT2D eigenvalue weighted by Crippen LogP contribution is 2.15. The molecule has 0 amide bonds. The van der Waals surface area contributed by atoms with E-state index in [4.69, 9.17) is 10.5 Å². The van der Waals surface area contributed by atoms with Crippen molar-refractivity contribution in [2.45, 2.75) is 6.54 Å². The second-order valence-corrected chi connectivity index (χ2v) is 4.87. The highest BCUT2D eigenvalue weighted by Gasteiger charge is 2.12. The molecular formula is C15H20IN5O. The summed E-state index contributed by atoms with van der Waals surface area (Å²) >= 11 is 0. The van der Waals surface area contributed by atoms with Gasteiger partial charge in [-0.15, -0.1) is 24.0 Å². The maximum Gasteiger partial charge on any atom is 0.191 e. The zero-order chi connectivity index (χ0) is 14.5. The van der Waals surface area contributed by atoms with Gasteiger partial charge in [0.25, 0.3) is 0 Å². The predicted octanol–water partition coefficient (Wildman–Crippen LogP) is 1.64. The van der Waals surface area contributed by atoms with E-state index in [2.05, 4.69) is 27.0 Å². The predicted molar refractivity (Wildman–Crippen MR) is 96.7 cm³/mol. The smallest absolute Gasteiger partial charge is 0.191 e. The lowest BCUT2D eigenvalue weighted by Gasteiger charge is -2.27. The number of aliphatic imine (C=N–C) groups is 1. The summed E-state index contributed by atoms with van der Waals surface area (Å²) in [6.45, 7) is 3.58. The number of rotatable bonds is 3. The van der Waals surface area contributed by atoms with Crippen LogP contribution in [0.3, 0.4) is 0 Å². The van der Waals surface area contributed by atoms with E-state index in [9.17, 15) is 0 Å². The van der Waals surface area contributed by atoms with Gasteiger partial charge < -0.3 is 19.9 Å². The van der Waals surface area contributed by atoms with Crippen LogP contribution in [0.1, 0.15) is 5.56 Å². The van der Waals surface area contributed by atoms with Crippen LogP contribution in [0, 0.1) is 0 Å². The Balaban J connectivity index is 0.00000176. The van der Waals surface area contributed by atoms with Crippen molar-refractivity contribution in [3.63, 3.8) is 0 Å². The molecule has 2 N–H and O–H groups in total. The average molecular weight is 413 g/mol. The van der Waals surface area contributed by atoms with Crippen molar-refractivity contribution in [3.8, 4) is 5.69 Å². The van der Waals surface area contributed by atoms with Gasteiger partial charge in [0.05, 0.1) is 31.8 Å². The number of hydrogen-bond acceptors (Lipinski definition) is 3. The number of hydrogen-bond donors (Lipinski definition) is 1. The number of imidazole rings is 1. The second-order valence-electron chi connectivity index (χ2n) is 4.87. The Morgan fingerprint density at radius 3 is 2.77 bits per heavy atom. The molecule has 1 fully saturated rings. The highest BCUT2D eigenvalue weighted by atomic mass is 127. The minimum atomic E-state index is 0. The fourth-order valence-corrected chi connectivity index (χ4v) is 2.36. The molecule has 118 valence electrons. The molecule has 0 aliphatic carbocycles. The summed E-state index contributed by atoms with van der Waals surface area (Å²) in [5.41, 5.74) is 8.26. The van der Waals surface area contributed by atoms with Crippen LogP contribution in [0.2, 0.25) is 0 Å². The summed E-state index contributed by atoms with van der Waals surface area (Å²) in [6.07, 6.45) is 5.48. The lowest BCUT2D eigenvalue weighted by Crippen LogP contribution is -2.44. The quantitative estimate of drug-likeness (QED) is 0.472. The first-order valence-corrected chi connectivity index (χ1v) is 7.03. The Morgan fingerprint density at radius 1 is 1.27 bits per heavy atom. The summed E-state index contributed by atoms with van der Waals surface area (Å²) < 4.78 is 7.30. The van der Waals surface area contributed by atoms with Crippen LogP contribution in [-0.2, 0) is 11.3 Å². The SMILES string of the molecule is I.NC(=NCc1ccccc1-n1ccnc1)N1CCOCC1. The van der Waals surface area contributed by atoms with Crippen LogP contribution in [0.5, 0.6) is 0 Å². The number of nitrogens with zero attached hydrogens (tertiary/aromatic N) is 4. The van der Waals surface area contributed by atoms with Gasteiger partial charge >= 0.3 is 0 Å². The minimum Gasteiger partial charge on any atom is -0.378 e. The van der Waals surface area contributed by atoms with Gasteiger partial charge in [-0.05, 0) is 11.6 Å². The molecule has 1 aromatic heterocycles. The fourth-order valence-electron chi connectivity index (χ4n) is 2.36. The highest BCUT2D eigenvalue weighted by molar-refractivity contribution is 14.0. The van der Waals surface area contributed by atoms with E-state index in [1.54, 1.807) is 12.5 Å². The number of morpholine rings is 1. The third kappa shape index (κ3) is 3.98. The van der Waals surface area contributed by atoms with Gasteiger partial charge in [0, 0.05) is 25.5 Å². The molecule has 0 atom stereocenters. The number of guanidine groups is 1. The van der Waals surface area contributed by atoms with Gasteiger partial charge in [-0.1, -0.05) is 18.2 Å². The number of para-hydroxylation sites is 1. The lowest BCUT2D eigenvalue weighted by molar-refractivity contribution is 0.0674. The maximum atomic E-state index is 6.07. The largest absolute Gasteiger partial charge is 0.378 e. The van der Waals surface area contributed by atoms with Crippen LogP contribution >= 0.6 is 24.0 Å². The molecule has 0 bridgehead atoms. The number of aromatic nitrogens is 2. The van der Waals surface area contributed by atoms with Gasteiger partial charge in [0.15, 0.2) is 5.96 Å². The molecule has 0 unspecified atom stereocenters. The van der Waals surface area contributed by atoms with E-state index in [-0.39, 0.29) is 24.0 Å². The van der Waals surface area contributed by atoms with Crippen molar-refractivity contribution in [1.29, 1.82) is 0 Å². The molecule has 1 aliphatic heterocycles. The number of ether oxygens (including phenoxy) is 1. The van der Waals surface area contributed by atoms with Crippen LogP contribution in [0.25, 0.3) is 5.69 Å². The fraction of sp³-hybridized carbons (Fsp3) is 0.333. The van der Waals surface area contributed by atoms with Crippen molar-refractivity contribution in [2.24, 2.45) is 10.7 Å². The maximum absolute atomic E-state index is 6.07. The van der Waals surface area contributed by atoms with Gasteiger partial charge in [0.2, 0.25) is 0 Å². The normalized spacial score (nSPS) is 15.5. The molecular weight excluding hydrogens is 393 g/mol. The first-order chi connectivity index (χ1) is 10.3. The van der Waals surface area contributed by atoms with Crippen LogP contribution in [0.15, 0.2) is 48.0 Å². The second kappa shape index (κ2) is 8.14. The van der Waals surface area contributed by atoms with Gasteiger partial charge in [-0.2, -0.15) is 0 Å². The third-order valence-corrected chi connectivity index (χ3v) is 3.52. The summed E-state index contributed by atoms with van der Waals surface area (Å²) in [4.78, 5) is 10.7. The summed E-state index contributed by atoms with van der Waals surface area (Å²) in [5.74, 6) is 0.582. The number of halogens is 1. The Kier molecular flexibility index (Phi) is 6.20. The zero-order valence-corrected chi connectivity index (χ0v) is 14.6. The number of nitrogens with two attached hydrogens (primary N) is 1. The van der Waals surface area contributed by atoms with Crippen LogP contribution in [0.4, 0.5) is 0 Å². The Bertz CT molecular complexity index is 608. The van der Waals surface area contributed by atoms with Crippen LogP contribution in [-0.4, -0.2) is 46.7 Å². The third-order valence-electron chi connectivity index (χ3n) is 3.52. The van der Waals surface area contributed by atoms with Gasteiger partial charge in [0.1, 0.15) is 0 Å². The Hall–Kier alpha value is -1.61. The molecule has 6 nitrogen and oxygen atoms in total. The lowest BCUT2D eigenvalue weighted by atomic mass is 10.2. The molecule has 0 spiro atoms. The molecule has 0 radical (unpaired) electrons. The first-order valence-electron chi connectivity index (χ1n) is 7.03. The monoisotopic (exact) mass is 413 g/mol. The van der Waals surface area contributed by atoms with E-state index in [0.717, 1.165) is 24.3 Å². The van der Waals surface area contributed by atoms with Crippen molar-refractivity contribution < 1.29 is 4.74 Å². The molecule has 2 heterocycles. The van der Waals surface area contributed by atoms with Crippen molar-refractivity contribution >= 4 is 29.9 Å². The van der Waals surface area contributed by atoms with Crippen LogP contribution < -0.4 is 5.73 Å².